The Labute approximate surface area is 214 Å². The van der Waals surface area contributed by atoms with E-state index in [1.807, 2.05) is 24.3 Å². The third-order valence-corrected chi connectivity index (χ3v) is 7.64. The number of carboxylic acid groups (broad SMARTS) is 1. The average Bonchev–Trinajstić information content (AvgIpc) is 3.79. The number of para-hydroxylation sites is 2. The number of amides is 1. The molecule has 2 saturated carbocycles. The van der Waals surface area contributed by atoms with Gasteiger partial charge in [0.25, 0.3) is 0 Å². The van der Waals surface area contributed by atoms with E-state index in [1.54, 1.807) is 11.0 Å². The molecule has 9 heteroatoms. The number of carboxylic acids is 1. The zero-order chi connectivity index (χ0) is 26.2. The minimum absolute atomic E-state index is 0.0394. The molecule has 2 aromatic rings. The first kappa shape index (κ1) is 25.6. The van der Waals surface area contributed by atoms with E-state index in [1.165, 1.54) is 6.07 Å². The van der Waals surface area contributed by atoms with Crippen LogP contribution in [-0.2, 0) is 28.7 Å². The van der Waals surface area contributed by atoms with E-state index in [9.17, 15) is 22.8 Å². The summed E-state index contributed by atoms with van der Waals surface area (Å²) in [4.78, 5) is 28.6. The molecule has 2 N–H and O–H groups in total. The highest BCUT2D eigenvalue weighted by Gasteiger charge is 2.53. The topological polar surface area (TPSA) is 72.9 Å². The van der Waals surface area contributed by atoms with Crippen LogP contribution in [0.15, 0.2) is 42.5 Å². The number of rotatable bonds is 10. The molecular weight excluding hydrogens is 483 g/mol. The van der Waals surface area contributed by atoms with Crippen molar-refractivity contribution in [2.75, 3.05) is 22.9 Å². The number of hydrogen-bond acceptors (Lipinski definition) is 4. The largest absolute Gasteiger partial charge is 0.481 e. The van der Waals surface area contributed by atoms with Crippen LogP contribution in [0.1, 0.15) is 61.6 Å². The molecule has 6 nitrogen and oxygen atoms in total. The number of benzene rings is 2. The van der Waals surface area contributed by atoms with E-state index in [2.05, 4.69) is 10.2 Å². The second-order valence-corrected chi connectivity index (χ2v) is 10.4. The van der Waals surface area contributed by atoms with Gasteiger partial charge in [-0.1, -0.05) is 24.3 Å². The summed E-state index contributed by atoms with van der Waals surface area (Å²) in [6.45, 7) is 1.26. The number of alkyl halides is 3. The smallest absolute Gasteiger partial charge is 0.416 e. The minimum atomic E-state index is -4.50. The second kappa shape index (κ2) is 10.0. The van der Waals surface area contributed by atoms with Gasteiger partial charge >= 0.3 is 12.1 Å². The van der Waals surface area contributed by atoms with Gasteiger partial charge in [0.05, 0.1) is 22.5 Å². The van der Waals surface area contributed by atoms with Gasteiger partial charge in [0.2, 0.25) is 5.91 Å². The summed E-state index contributed by atoms with van der Waals surface area (Å²) < 4.78 is 41.3. The molecule has 198 valence electrons. The maximum atomic E-state index is 13.8. The number of carbonyl (C=O) groups is 2. The fourth-order valence-electron chi connectivity index (χ4n) is 5.31. The van der Waals surface area contributed by atoms with Crippen LogP contribution in [0.3, 0.4) is 0 Å². The van der Waals surface area contributed by atoms with Crippen LogP contribution >= 0.6 is 0 Å². The summed E-state index contributed by atoms with van der Waals surface area (Å²) in [5.74, 6) is -0.956. The number of hydrogen-bond donors (Lipinski definition) is 2. The van der Waals surface area contributed by atoms with Crippen LogP contribution in [-0.4, -0.2) is 41.7 Å². The maximum absolute atomic E-state index is 13.8. The molecule has 2 aliphatic carbocycles. The van der Waals surface area contributed by atoms with Crippen molar-refractivity contribution in [1.82, 2.24) is 5.32 Å². The van der Waals surface area contributed by atoms with Gasteiger partial charge < -0.3 is 14.9 Å². The van der Waals surface area contributed by atoms with Gasteiger partial charge in [-0.2, -0.15) is 13.2 Å². The number of nitrogens with one attached hydrogen (secondary N) is 1. The Morgan fingerprint density at radius 3 is 2.41 bits per heavy atom. The van der Waals surface area contributed by atoms with Crippen LogP contribution < -0.4 is 15.1 Å². The fourth-order valence-corrected chi connectivity index (χ4v) is 5.31. The summed E-state index contributed by atoms with van der Waals surface area (Å²) in [5, 5.41) is 12.0. The summed E-state index contributed by atoms with van der Waals surface area (Å²) >= 11 is 0. The monoisotopic (exact) mass is 515 g/mol. The lowest BCUT2D eigenvalue weighted by Gasteiger charge is -2.39. The number of halogens is 3. The highest BCUT2D eigenvalue weighted by molar-refractivity contribution is 6.05. The van der Waals surface area contributed by atoms with E-state index in [0.717, 1.165) is 42.4 Å². The van der Waals surface area contributed by atoms with Crippen molar-refractivity contribution in [2.45, 2.75) is 75.7 Å². The van der Waals surface area contributed by atoms with Crippen molar-refractivity contribution in [1.29, 1.82) is 0 Å². The lowest BCUT2D eigenvalue weighted by atomic mass is 9.99. The summed E-state index contributed by atoms with van der Waals surface area (Å²) in [7, 11) is 0. The first-order valence-electron chi connectivity index (χ1n) is 13.0. The highest BCUT2D eigenvalue weighted by atomic mass is 19.4. The summed E-state index contributed by atoms with van der Waals surface area (Å²) in [6, 6.07) is 12.5. The Kier molecular flexibility index (Phi) is 6.91. The van der Waals surface area contributed by atoms with Crippen molar-refractivity contribution in [3.05, 3.63) is 59.2 Å². The van der Waals surface area contributed by atoms with Gasteiger partial charge in [-0.3, -0.25) is 14.9 Å². The molecule has 37 heavy (non-hydrogen) atoms. The number of nitrogens with zero attached hydrogens (tertiary/aromatic N) is 2. The summed E-state index contributed by atoms with van der Waals surface area (Å²) in [5.41, 5.74) is 1.21. The zero-order valence-electron chi connectivity index (χ0n) is 20.7. The van der Waals surface area contributed by atoms with Gasteiger partial charge in [0.15, 0.2) is 0 Å². The number of aliphatic carboxylic acids is 1. The molecule has 0 saturated heterocycles. The fraction of sp³-hybridized carbons (Fsp3) is 0.500. The molecule has 2 aromatic carbocycles. The Bertz CT molecular complexity index is 1170. The van der Waals surface area contributed by atoms with Crippen LogP contribution in [0.5, 0.6) is 0 Å². The molecule has 1 amide bonds. The van der Waals surface area contributed by atoms with Crippen molar-refractivity contribution < 1.29 is 27.9 Å². The van der Waals surface area contributed by atoms with Crippen molar-refractivity contribution >= 4 is 23.3 Å². The third-order valence-electron chi connectivity index (χ3n) is 7.64. The minimum Gasteiger partial charge on any atom is -0.481 e. The van der Waals surface area contributed by atoms with Gasteiger partial charge in [-0.05, 0) is 74.3 Å². The van der Waals surface area contributed by atoms with Crippen molar-refractivity contribution in [3.63, 3.8) is 0 Å². The Morgan fingerprint density at radius 1 is 1.03 bits per heavy atom. The quantitative estimate of drug-likeness (QED) is 0.429. The van der Waals surface area contributed by atoms with Crippen LogP contribution in [0.2, 0.25) is 0 Å². The molecule has 2 fully saturated rings. The highest BCUT2D eigenvalue weighted by Crippen LogP contribution is 2.44. The predicted molar refractivity (Wildman–Crippen MR) is 135 cm³/mol. The molecule has 5 rings (SSSR count). The SMILES string of the molecule is O=C(O)CCCCc1ccc(C(F)(F)F)c(CNC2(C(=O)N3CCN(C4CC4)c4ccccc43)CC2)c1. The predicted octanol–water partition coefficient (Wildman–Crippen LogP) is 5.14. The Balaban J connectivity index is 1.30. The molecule has 3 aliphatic rings. The summed E-state index contributed by atoms with van der Waals surface area (Å²) in [6.07, 6.45) is 0.595. The molecule has 1 aliphatic heterocycles. The number of fused-ring (bicyclic) bond motifs is 1. The zero-order valence-corrected chi connectivity index (χ0v) is 20.7. The molecule has 0 bridgehead atoms. The molecule has 0 atom stereocenters. The molecule has 0 radical (unpaired) electrons. The van der Waals surface area contributed by atoms with Crippen LogP contribution in [0.25, 0.3) is 0 Å². The lowest BCUT2D eigenvalue weighted by Crippen LogP contribution is -2.53. The molecule has 0 aromatic heterocycles. The van der Waals surface area contributed by atoms with E-state index < -0.39 is 23.2 Å². The number of unbranched alkanes of at least 4 members (excludes halogenated alkanes) is 1. The molecule has 0 spiro atoms. The standard InChI is InChI=1S/C28H32F3N3O3/c29-28(30,31)22-12-9-19(5-1-4-8-25(35)36)17-20(22)18-32-27(13-14-27)26(37)34-16-15-33(21-10-11-21)23-6-2-3-7-24(23)34/h2-3,6-7,9,12,17,21,32H,1,4-5,8,10-11,13-16,18H2,(H,35,36). The lowest BCUT2D eigenvalue weighted by molar-refractivity contribution is -0.138. The first-order valence-corrected chi connectivity index (χ1v) is 13.0. The number of anilines is 2. The maximum Gasteiger partial charge on any atom is 0.416 e. The van der Waals surface area contributed by atoms with Gasteiger partial charge in [-0.15, -0.1) is 0 Å². The Morgan fingerprint density at radius 2 is 1.76 bits per heavy atom. The van der Waals surface area contributed by atoms with Crippen molar-refractivity contribution in [2.24, 2.45) is 0 Å². The van der Waals surface area contributed by atoms with Gasteiger partial charge in [0, 0.05) is 32.1 Å². The number of aryl methyl sites for hydroxylation is 1. The second-order valence-electron chi connectivity index (χ2n) is 10.4. The van der Waals surface area contributed by atoms with Gasteiger partial charge in [-0.25, -0.2) is 0 Å². The van der Waals surface area contributed by atoms with E-state index in [-0.39, 0.29) is 24.4 Å². The van der Waals surface area contributed by atoms with Gasteiger partial charge in [0.1, 0.15) is 0 Å². The Hall–Kier alpha value is -3.07. The third kappa shape index (κ3) is 5.61. The van der Waals surface area contributed by atoms with Crippen LogP contribution in [0, 0.1) is 0 Å². The first-order chi connectivity index (χ1) is 17.7. The van der Waals surface area contributed by atoms with E-state index in [0.29, 0.717) is 44.7 Å². The normalized spacial score (nSPS) is 18.5. The molecule has 1 heterocycles. The van der Waals surface area contributed by atoms with E-state index >= 15 is 0 Å². The van der Waals surface area contributed by atoms with Crippen LogP contribution in [0.4, 0.5) is 24.5 Å². The van der Waals surface area contributed by atoms with E-state index in [4.69, 9.17) is 5.11 Å². The van der Waals surface area contributed by atoms with Crippen molar-refractivity contribution in [3.8, 4) is 0 Å². The number of carbonyl (C=O) groups excluding carboxylic acids is 1. The average molecular weight is 516 g/mol. The molecular formula is C28H32F3N3O3. The molecule has 0 unspecified atom stereocenters.